The standard InChI is InChI=1S/C13H17N3O/c1-2-3-11-4-5-15-12(10-17)13(11)16-8-6-14-7-9-16/h2,4-5,10,14H,1,3,6-9H2. The van der Waals surface area contributed by atoms with Crippen LogP contribution in [-0.2, 0) is 6.42 Å². The second-order valence-electron chi connectivity index (χ2n) is 4.05. The van der Waals surface area contributed by atoms with E-state index in [0.29, 0.717) is 5.69 Å². The van der Waals surface area contributed by atoms with E-state index in [9.17, 15) is 4.79 Å². The molecular weight excluding hydrogens is 214 g/mol. The zero-order chi connectivity index (χ0) is 12.1. The van der Waals surface area contributed by atoms with Gasteiger partial charge < -0.3 is 10.2 Å². The fourth-order valence-corrected chi connectivity index (χ4v) is 2.17. The van der Waals surface area contributed by atoms with Crippen molar-refractivity contribution in [3.8, 4) is 0 Å². The molecule has 0 unspecified atom stereocenters. The number of rotatable bonds is 4. The molecule has 4 nitrogen and oxygen atoms in total. The van der Waals surface area contributed by atoms with Crippen LogP contribution in [-0.4, -0.2) is 37.4 Å². The molecule has 0 saturated carbocycles. The number of aldehydes is 1. The highest BCUT2D eigenvalue weighted by molar-refractivity contribution is 5.83. The highest BCUT2D eigenvalue weighted by atomic mass is 16.1. The Hall–Kier alpha value is -1.68. The van der Waals surface area contributed by atoms with Crippen molar-refractivity contribution < 1.29 is 4.79 Å². The van der Waals surface area contributed by atoms with Gasteiger partial charge in [0.1, 0.15) is 5.69 Å². The van der Waals surface area contributed by atoms with Gasteiger partial charge in [-0.3, -0.25) is 9.78 Å². The van der Waals surface area contributed by atoms with Crippen molar-refractivity contribution in [3.05, 3.63) is 36.2 Å². The Morgan fingerprint density at radius 3 is 2.88 bits per heavy atom. The molecule has 0 spiro atoms. The minimum atomic E-state index is 0.534. The number of hydrogen-bond acceptors (Lipinski definition) is 4. The lowest BCUT2D eigenvalue weighted by Gasteiger charge is -2.31. The Labute approximate surface area is 101 Å². The van der Waals surface area contributed by atoms with Gasteiger partial charge in [0.25, 0.3) is 0 Å². The monoisotopic (exact) mass is 231 g/mol. The van der Waals surface area contributed by atoms with Crippen molar-refractivity contribution in [1.82, 2.24) is 10.3 Å². The average molecular weight is 231 g/mol. The summed E-state index contributed by atoms with van der Waals surface area (Å²) in [5.41, 5.74) is 2.63. The summed E-state index contributed by atoms with van der Waals surface area (Å²) in [4.78, 5) is 17.5. The summed E-state index contributed by atoms with van der Waals surface area (Å²) in [7, 11) is 0. The summed E-state index contributed by atoms with van der Waals surface area (Å²) in [5, 5.41) is 3.30. The molecule has 17 heavy (non-hydrogen) atoms. The summed E-state index contributed by atoms with van der Waals surface area (Å²) < 4.78 is 0. The molecule has 4 heteroatoms. The van der Waals surface area contributed by atoms with Crippen LogP contribution in [0.4, 0.5) is 5.69 Å². The number of hydrogen-bond donors (Lipinski definition) is 1. The van der Waals surface area contributed by atoms with E-state index in [1.807, 2.05) is 12.1 Å². The quantitative estimate of drug-likeness (QED) is 0.621. The largest absolute Gasteiger partial charge is 0.367 e. The van der Waals surface area contributed by atoms with Crippen LogP contribution in [0.2, 0.25) is 0 Å². The molecule has 0 atom stereocenters. The molecule has 0 radical (unpaired) electrons. The Balaban J connectivity index is 2.39. The number of anilines is 1. The highest BCUT2D eigenvalue weighted by Crippen LogP contribution is 2.24. The van der Waals surface area contributed by atoms with Crippen LogP contribution in [0, 0.1) is 0 Å². The second kappa shape index (κ2) is 5.59. The van der Waals surface area contributed by atoms with E-state index in [1.54, 1.807) is 6.20 Å². The molecule has 1 fully saturated rings. The molecular formula is C13H17N3O. The average Bonchev–Trinajstić information content (AvgIpc) is 2.40. The summed E-state index contributed by atoms with van der Waals surface area (Å²) in [5.74, 6) is 0. The number of nitrogens with zero attached hydrogens (tertiary/aromatic N) is 2. The van der Waals surface area contributed by atoms with E-state index in [2.05, 4.69) is 21.8 Å². The van der Waals surface area contributed by atoms with Crippen LogP contribution >= 0.6 is 0 Å². The van der Waals surface area contributed by atoms with E-state index in [4.69, 9.17) is 0 Å². The Bertz CT molecular complexity index is 411. The van der Waals surface area contributed by atoms with Gasteiger partial charge >= 0.3 is 0 Å². The maximum Gasteiger partial charge on any atom is 0.170 e. The van der Waals surface area contributed by atoms with Gasteiger partial charge in [-0.15, -0.1) is 6.58 Å². The summed E-state index contributed by atoms with van der Waals surface area (Å²) >= 11 is 0. The minimum absolute atomic E-state index is 0.534. The molecule has 0 amide bonds. The van der Waals surface area contributed by atoms with Crippen molar-refractivity contribution in [3.63, 3.8) is 0 Å². The Kier molecular flexibility index (Phi) is 3.88. The summed E-state index contributed by atoms with van der Waals surface area (Å²) in [6, 6.07) is 1.96. The Morgan fingerprint density at radius 1 is 1.47 bits per heavy atom. The molecule has 1 aromatic heterocycles. The second-order valence-corrected chi connectivity index (χ2v) is 4.05. The van der Waals surface area contributed by atoms with Crippen LogP contribution in [0.5, 0.6) is 0 Å². The Morgan fingerprint density at radius 2 is 2.24 bits per heavy atom. The predicted molar refractivity (Wildman–Crippen MR) is 68.6 cm³/mol. The van der Waals surface area contributed by atoms with E-state index in [0.717, 1.165) is 50.1 Å². The van der Waals surface area contributed by atoms with Gasteiger partial charge in [-0.05, 0) is 18.1 Å². The van der Waals surface area contributed by atoms with Crippen molar-refractivity contribution in [2.45, 2.75) is 6.42 Å². The first-order valence-electron chi connectivity index (χ1n) is 5.86. The molecule has 1 aromatic rings. The van der Waals surface area contributed by atoms with Crippen LogP contribution in [0.25, 0.3) is 0 Å². The predicted octanol–water partition coefficient (Wildman–Crippen LogP) is 1.03. The zero-order valence-electron chi connectivity index (χ0n) is 9.85. The lowest BCUT2D eigenvalue weighted by atomic mass is 10.1. The van der Waals surface area contributed by atoms with Gasteiger partial charge in [0, 0.05) is 32.4 Å². The normalized spacial score (nSPS) is 15.6. The van der Waals surface area contributed by atoms with Crippen LogP contribution in [0.3, 0.4) is 0 Å². The molecule has 0 aromatic carbocycles. The molecule has 2 rings (SSSR count). The van der Waals surface area contributed by atoms with E-state index < -0.39 is 0 Å². The molecule has 1 N–H and O–H groups in total. The summed E-state index contributed by atoms with van der Waals surface area (Å²) in [6.45, 7) is 7.48. The van der Waals surface area contributed by atoms with Crippen molar-refractivity contribution in [2.75, 3.05) is 31.1 Å². The van der Waals surface area contributed by atoms with Crippen molar-refractivity contribution in [2.24, 2.45) is 0 Å². The first-order valence-corrected chi connectivity index (χ1v) is 5.86. The first-order chi connectivity index (χ1) is 8.36. The third kappa shape index (κ3) is 2.53. The van der Waals surface area contributed by atoms with Crippen LogP contribution in [0.1, 0.15) is 16.1 Å². The number of pyridine rings is 1. The fourth-order valence-electron chi connectivity index (χ4n) is 2.17. The first kappa shape index (κ1) is 11.8. The van der Waals surface area contributed by atoms with Gasteiger partial charge in [0.15, 0.2) is 6.29 Å². The molecule has 1 saturated heterocycles. The van der Waals surface area contributed by atoms with Crippen molar-refractivity contribution in [1.29, 1.82) is 0 Å². The maximum absolute atomic E-state index is 11.1. The van der Waals surface area contributed by atoms with Gasteiger partial charge in [0.2, 0.25) is 0 Å². The van der Waals surface area contributed by atoms with Gasteiger partial charge in [-0.1, -0.05) is 6.08 Å². The number of aromatic nitrogens is 1. The zero-order valence-corrected chi connectivity index (χ0v) is 9.85. The van der Waals surface area contributed by atoms with E-state index in [1.165, 1.54) is 0 Å². The van der Waals surface area contributed by atoms with Gasteiger partial charge in [0.05, 0.1) is 5.69 Å². The third-order valence-electron chi connectivity index (χ3n) is 2.95. The van der Waals surface area contributed by atoms with Crippen LogP contribution in [0.15, 0.2) is 24.9 Å². The van der Waals surface area contributed by atoms with E-state index in [-0.39, 0.29) is 0 Å². The number of allylic oxidation sites excluding steroid dienone is 1. The maximum atomic E-state index is 11.1. The van der Waals surface area contributed by atoms with E-state index >= 15 is 0 Å². The van der Waals surface area contributed by atoms with Gasteiger partial charge in [-0.25, -0.2) is 0 Å². The number of piperazine rings is 1. The number of nitrogens with one attached hydrogen (secondary N) is 1. The SMILES string of the molecule is C=CCc1ccnc(C=O)c1N1CCNCC1. The molecule has 90 valence electrons. The lowest BCUT2D eigenvalue weighted by Crippen LogP contribution is -2.44. The van der Waals surface area contributed by atoms with Gasteiger partial charge in [-0.2, -0.15) is 0 Å². The lowest BCUT2D eigenvalue weighted by molar-refractivity contribution is 0.111. The smallest absolute Gasteiger partial charge is 0.170 e. The molecule has 2 heterocycles. The topological polar surface area (TPSA) is 45.2 Å². The molecule has 0 aliphatic carbocycles. The molecule has 1 aliphatic rings. The van der Waals surface area contributed by atoms with Crippen LogP contribution < -0.4 is 10.2 Å². The number of carbonyl (C=O) groups excluding carboxylic acids is 1. The number of carbonyl (C=O) groups is 1. The molecule has 0 bridgehead atoms. The molecule has 1 aliphatic heterocycles. The van der Waals surface area contributed by atoms with Crippen molar-refractivity contribution >= 4 is 12.0 Å². The fraction of sp³-hybridized carbons (Fsp3) is 0.385. The summed E-state index contributed by atoms with van der Waals surface area (Å²) in [6.07, 6.45) is 5.15. The minimum Gasteiger partial charge on any atom is -0.367 e. The highest BCUT2D eigenvalue weighted by Gasteiger charge is 2.17. The third-order valence-corrected chi connectivity index (χ3v) is 2.95.